The number of benzene rings is 10. The van der Waals surface area contributed by atoms with Gasteiger partial charge in [-0.2, -0.15) is 0 Å². The smallest absolute Gasteiger partial charge is 0.165 e. The first kappa shape index (κ1) is 38.0. The molecule has 0 saturated heterocycles. The van der Waals surface area contributed by atoms with Crippen LogP contribution in [0.15, 0.2) is 217 Å². The average Bonchev–Trinajstić information content (AvgIpc) is 3.96. The van der Waals surface area contributed by atoms with E-state index in [0.29, 0.717) is 17.5 Å². The zero-order valence-electron chi connectivity index (χ0n) is 35.6. The van der Waals surface area contributed by atoms with Gasteiger partial charge in [-0.25, -0.2) is 15.0 Å². The largest absolute Gasteiger partial charge is 0.456 e. The summed E-state index contributed by atoms with van der Waals surface area (Å²) in [7, 11) is 0. The third-order valence-corrected chi connectivity index (χ3v) is 14.2. The summed E-state index contributed by atoms with van der Waals surface area (Å²) in [4.78, 5) is 16.0. The summed E-state index contributed by atoms with van der Waals surface area (Å²) in [5, 5.41) is 9.11. The van der Waals surface area contributed by atoms with Gasteiger partial charge in [0.25, 0.3) is 0 Å². The molecule has 0 aliphatic heterocycles. The van der Waals surface area contributed by atoms with Crippen molar-refractivity contribution >= 4 is 81.1 Å². The van der Waals surface area contributed by atoms with Crippen molar-refractivity contribution in [1.29, 1.82) is 0 Å². The first-order chi connectivity index (χ1) is 32.6. The van der Waals surface area contributed by atoms with E-state index in [0.717, 1.165) is 76.4 Å². The van der Waals surface area contributed by atoms with Crippen molar-refractivity contribution in [3.63, 3.8) is 0 Å². The fraction of sp³-hybridized carbons (Fsp3) is 0. The normalized spacial score (nSPS) is 11.7. The Morgan fingerprint density at radius 1 is 0.348 bits per heavy atom. The molecule has 0 fully saturated rings. The molecule has 0 N–H and O–H groups in total. The van der Waals surface area contributed by atoms with E-state index in [2.05, 4.69) is 207 Å². The molecule has 3 heterocycles. The molecule has 0 bridgehead atoms. The lowest BCUT2D eigenvalue weighted by Gasteiger charge is -2.12. The van der Waals surface area contributed by atoms with Crippen molar-refractivity contribution in [2.45, 2.75) is 0 Å². The van der Waals surface area contributed by atoms with Crippen LogP contribution in [0.3, 0.4) is 0 Å². The molecule has 0 amide bonds. The monoisotopic (exact) mass is 859 g/mol. The van der Waals surface area contributed by atoms with Crippen LogP contribution in [0.25, 0.3) is 137 Å². The lowest BCUT2D eigenvalue weighted by molar-refractivity contribution is 0.669. The summed E-state index contributed by atoms with van der Waals surface area (Å²) >= 11 is 1.79. The lowest BCUT2D eigenvalue weighted by Crippen LogP contribution is -2.00. The molecule has 308 valence electrons. The molecule has 66 heavy (non-hydrogen) atoms. The molecule has 10 aromatic carbocycles. The number of thiophene rings is 1. The fourth-order valence-electron chi connectivity index (χ4n) is 9.64. The van der Waals surface area contributed by atoms with Crippen LogP contribution >= 0.6 is 11.3 Å². The number of nitrogens with zero attached hydrogens (tertiary/aromatic N) is 3. The minimum atomic E-state index is 0.577. The topological polar surface area (TPSA) is 51.8 Å². The number of fused-ring (bicyclic) bond motifs is 9. The molecule has 3 aromatic heterocycles. The summed E-state index contributed by atoms with van der Waals surface area (Å²) in [6.45, 7) is 4.02. The third-order valence-electron chi connectivity index (χ3n) is 12.9. The number of furan rings is 1. The third kappa shape index (κ3) is 6.32. The van der Waals surface area contributed by atoms with Crippen molar-refractivity contribution in [3.05, 3.63) is 218 Å². The van der Waals surface area contributed by atoms with Crippen LogP contribution in [0.5, 0.6) is 0 Å². The maximum atomic E-state index is 6.70. The first-order valence-corrected chi connectivity index (χ1v) is 22.9. The van der Waals surface area contributed by atoms with E-state index in [1.165, 1.54) is 42.9 Å². The van der Waals surface area contributed by atoms with E-state index in [1.807, 2.05) is 12.1 Å². The first-order valence-electron chi connectivity index (χ1n) is 22.1. The summed E-state index contributed by atoms with van der Waals surface area (Å²) < 4.78 is 9.05. The molecule has 5 heteroatoms. The van der Waals surface area contributed by atoms with Gasteiger partial charge in [0, 0.05) is 47.6 Å². The van der Waals surface area contributed by atoms with Crippen molar-refractivity contribution in [1.82, 2.24) is 15.0 Å². The molecule has 0 spiro atoms. The molecular weight excluding hydrogens is 823 g/mol. The second-order valence-electron chi connectivity index (χ2n) is 16.8. The van der Waals surface area contributed by atoms with Gasteiger partial charge < -0.3 is 4.42 Å². The average molecular weight is 860 g/mol. The molecule has 0 saturated carbocycles. The summed E-state index contributed by atoms with van der Waals surface area (Å²) in [5.74, 6) is 1.81. The van der Waals surface area contributed by atoms with Gasteiger partial charge in [-0.1, -0.05) is 176 Å². The Bertz CT molecular complexity index is 4090. The predicted molar refractivity (Wildman–Crippen MR) is 278 cm³/mol. The highest BCUT2D eigenvalue weighted by atomic mass is 32.1. The summed E-state index contributed by atoms with van der Waals surface area (Å²) in [5.41, 5.74) is 12.4. The quantitative estimate of drug-likeness (QED) is 0.150. The summed E-state index contributed by atoms with van der Waals surface area (Å²) in [6, 6.07) is 72.9. The summed E-state index contributed by atoms with van der Waals surface area (Å²) in [6.07, 6.45) is 1.90. The van der Waals surface area contributed by atoms with E-state index < -0.39 is 0 Å². The van der Waals surface area contributed by atoms with Crippen LogP contribution in [0.1, 0.15) is 5.56 Å². The van der Waals surface area contributed by atoms with E-state index >= 15 is 0 Å². The minimum absolute atomic E-state index is 0.577. The van der Waals surface area contributed by atoms with Crippen LogP contribution in [0.4, 0.5) is 0 Å². The van der Waals surface area contributed by atoms with Crippen LogP contribution in [-0.2, 0) is 0 Å². The standard InChI is InChI=1S/C61H37N3OS/c1-2-37-13-8-19-43(33-37)46-21-10-23-51-52-24-12-26-54(58(52)66-57(46)51)61-63-59(62-60(64-61)53-25-11-22-47-45-20-7-6-16-39(45)27-30-48(47)53)44-29-32-50-49-31-28-42(35-55(49)65-56(50)36-44)41-18-9-17-40(34-41)38-14-4-3-5-15-38/h2-36H,1H2. The number of rotatable bonds is 7. The number of hydrogen-bond acceptors (Lipinski definition) is 5. The SMILES string of the molecule is C=Cc1cccc(-c2cccc3c2sc2c(-c4nc(-c5ccc6c(c5)oc5cc(-c7cccc(-c8ccccc8)c7)ccc56)nc(-c5cccc6c5ccc5ccccc56)n4)cccc23)c1. The minimum Gasteiger partial charge on any atom is -0.456 e. The number of hydrogen-bond donors (Lipinski definition) is 0. The second kappa shape index (κ2) is 15.3. The fourth-order valence-corrected chi connectivity index (χ4v) is 11.0. The highest BCUT2D eigenvalue weighted by Gasteiger charge is 2.20. The van der Waals surface area contributed by atoms with E-state index in [4.69, 9.17) is 19.4 Å². The molecule has 0 atom stereocenters. The Hall–Kier alpha value is -8.51. The molecule has 0 unspecified atom stereocenters. The van der Waals surface area contributed by atoms with Crippen molar-refractivity contribution in [2.24, 2.45) is 0 Å². The van der Waals surface area contributed by atoms with Gasteiger partial charge >= 0.3 is 0 Å². The van der Waals surface area contributed by atoms with Crippen LogP contribution < -0.4 is 0 Å². The molecule has 0 radical (unpaired) electrons. The van der Waals surface area contributed by atoms with Gasteiger partial charge in [0.15, 0.2) is 17.5 Å². The van der Waals surface area contributed by atoms with E-state index in [9.17, 15) is 0 Å². The Labute approximate surface area is 384 Å². The Morgan fingerprint density at radius 3 is 1.70 bits per heavy atom. The number of aromatic nitrogens is 3. The van der Waals surface area contributed by atoms with Gasteiger partial charge in [-0.3, -0.25) is 0 Å². The molecule has 0 aliphatic rings. The van der Waals surface area contributed by atoms with Crippen molar-refractivity contribution < 1.29 is 4.42 Å². The van der Waals surface area contributed by atoms with Crippen LogP contribution in [0, 0.1) is 0 Å². The van der Waals surface area contributed by atoms with Gasteiger partial charge in [0.05, 0.1) is 0 Å². The predicted octanol–water partition coefficient (Wildman–Crippen LogP) is 17.1. The molecule has 0 aliphatic carbocycles. The molecule has 4 nitrogen and oxygen atoms in total. The highest BCUT2D eigenvalue weighted by molar-refractivity contribution is 7.26. The zero-order valence-corrected chi connectivity index (χ0v) is 36.4. The Morgan fingerprint density at radius 2 is 0.894 bits per heavy atom. The van der Waals surface area contributed by atoms with Gasteiger partial charge in [0.1, 0.15) is 11.2 Å². The van der Waals surface area contributed by atoms with E-state index in [-0.39, 0.29) is 0 Å². The Kier molecular flexibility index (Phi) is 8.83. The molecule has 13 aromatic rings. The molecule has 13 rings (SSSR count). The highest BCUT2D eigenvalue weighted by Crippen LogP contribution is 2.44. The maximum absolute atomic E-state index is 6.70. The zero-order chi connectivity index (χ0) is 43.7. The van der Waals surface area contributed by atoms with Crippen molar-refractivity contribution in [2.75, 3.05) is 0 Å². The van der Waals surface area contributed by atoms with Crippen LogP contribution in [0.2, 0.25) is 0 Å². The van der Waals surface area contributed by atoms with Gasteiger partial charge in [-0.15, -0.1) is 11.3 Å². The Balaban J connectivity index is 0.983. The lowest BCUT2D eigenvalue weighted by atomic mass is 9.98. The van der Waals surface area contributed by atoms with Gasteiger partial charge in [0.2, 0.25) is 0 Å². The van der Waals surface area contributed by atoms with E-state index in [1.54, 1.807) is 11.3 Å². The molecular formula is C61H37N3OS. The van der Waals surface area contributed by atoms with Crippen LogP contribution in [-0.4, -0.2) is 15.0 Å². The second-order valence-corrected chi connectivity index (χ2v) is 17.8. The maximum Gasteiger partial charge on any atom is 0.165 e. The van der Waals surface area contributed by atoms with Gasteiger partial charge in [-0.05, 0) is 103 Å². The van der Waals surface area contributed by atoms with Crippen molar-refractivity contribution in [3.8, 4) is 67.5 Å².